The second kappa shape index (κ2) is 7.23. The maximum atomic E-state index is 12.7. The number of hydrogen-bond acceptors (Lipinski definition) is 5. The van der Waals surface area contributed by atoms with Crippen molar-refractivity contribution in [3.63, 3.8) is 0 Å². The molecule has 4 rings (SSSR count). The maximum Gasteiger partial charge on any atom is 0.416 e. The topological polar surface area (TPSA) is 68.5 Å². The zero-order valence-electron chi connectivity index (χ0n) is 15.3. The standard InChI is InChI=1S/C20H16F3N3O3/c1-28-16-4-2-3-12(9-16)18-24-19(29-25-18)13-10-17(27)26(11-13)15-7-5-14(6-8-15)20(21,22)23/h2-9,13H,10-11H2,1H3. The highest BCUT2D eigenvalue weighted by molar-refractivity contribution is 5.96. The first-order valence-electron chi connectivity index (χ1n) is 8.81. The van der Waals surface area contributed by atoms with E-state index >= 15 is 0 Å². The molecule has 1 fully saturated rings. The Hall–Kier alpha value is -3.36. The minimum absolute atomic E-state index is 0.140. The fourth-order valence-electron chi connectivity index (χ4n) is 3.23. The van der Waals surface area contributed by atoms with Crippen LogP contribution < -0.4 is 9.64 Å². The molecule has 2 heterocycles. The van der Waals surface area contributed by atoms with Gasteiger partial charge < -0.3 is 14.2 Å². The van der Waals surface area contributed by atoms with Crippen LogP contribution in [-0.4, -0.2) is 29.7 Å². The molecule has 0 spiro atoms. The van der Waals surface area contributed by atoms with Crippen molar-refractivity contribution in [1.29, 1.82) is 0 Å². The number of carbonyl (C=O) groups is 1. The quantitative estimate of drug-likeness (QED) is 0.650. The number of ether oxygens (including phenoxy) is 1. The molecule has 1 atom stereocenters. The lowest BCUT2D eigenvalue weighted by molar-refractivity contribution is -0.137. The monoisotopic (exact) mass is 403 g/mol. The van der Waals surface area contributed by atoms with Gasteiger partial charge in [-0.25, -0.2) is 0 Å². The number of alkyl halides is 3. The van der Waals surface area contributed by atoms with Gasteiger partial charge in [-0.3, -0.25) is 4.79 Å². The number of aromatic nitrogens is 2. The molecule has 2 aromatic carbocycles. The number of rotatable bonds is 4. The molecule has 6 nitrogen and oxygen atoms in total. The van der Waals surface area contributed by atoms with Gasteiger partial charge in [-0.05, 0) is 36.4 Å². The molecule has 0 saturated carbocycles. The first-order valence-corrected chi connectivity index (χ1v) is 8.81. The van der Waals surface area contributed by atoms with Crippen molar-refractivity contribution in [3.05, 3.63) is 60.0 Å². The number of nitrogens with zero attached hydrogens (tertiary/aromatic N) is 3. The van der Waals surface area contributed by atoms with Crippen LogP contribution in [0.3, 0.4) is 0 Å². The van der Waals surface area contributed by atoms with Gasteiger partial charge >= 0.3 is 6.18 Å². The van der Waals surface area contributed by atoms with Crippen LogP contribution in [0.2, 0.25) is 0 Å². The Bertz CT molecular complexity index is 1030. The van der Waals surface area contributed by atoms with E-state index < -0.39 is 11.7 Å². The van der Waals surface area contributed by atoms with Gasteiger partial charge in [0.25, 0.3) is 0 Å². The van der Waals surface area contributed by atoms with Crippen molar-refractivity contribution in [2.24, 2.45) is 0 Å². The molecule has 0 N–H and O–H groups in total. The van der Waals surface area contributed by atoms with Gasteiger partial charge in [0.2, 0.25) is 17.6 Å². The number of methoxy groups -OCH3 is 1. The predicted molar refractivity (Wildman–Crippen MR) is 97.4 cm³/mol. The second-order valence-corrected chi connectivity index (χ2v) is 6.64. The molecule has 1 unspecified atom stereocenters. The summed E-state index contributed by atoms with van der Waals surface area (Å²) in [4.78, 5) is 18.2. The van der Waals surface area contributed by atoms with Crippen LogP contribution in [0.15, 0.2) is 53.1 Å². The third kappa shape index (κ3) is 3.80. The SMILES string of the molecule is COc1cccc(-c2noc(C3CC(=O)N(c4ccc(C(F)(F)F)cc4)C3)n2)c1. The third-order valence-corrected chi connectivity index (χ3v) is 4.75. The molecular weight excluding hydrogens is 387 g/mol. The summed E-state index contributed by atoms with van der Waals surface area (Å²) in [5.41, 5.74) is 0.352. The van der Waals surface area contributed by atoms with Gasteiger partial charge in [-0.2, -0.15) is 18.2 Å². The van der Waals surface area contributed by atoms with Gasteiger partial charge in [-0.15, -0.1) is 0 Å². The first-order chi connectivity index (χ1) is 13.8. The predicted octanol–water partition coefficient (Wildman–Crippen LogP) is 4.28. The van der Waals surface area contributed by atoms with Crippen LogP contribution >= 0.6 is 0 Å². The summed E-state index contributed by atoms with van der Waals surface area (Å²) < 4.78 is 48.7. The number of anilines is 1. The van der Waals surface area contributed by atoms with Gasteiger partial charge in [0.15, 0.2) is 0 Å². The molecule has 29 heavy (non-hydrogen) atoms. The fourth-order valence-corrected chi connectivity index (χ4v) is 3.23. The zero-order valence-corrected chi connectivity index (χ0v) is 15.3. The maximum absolute atomic E-state index is 12.7. The van der Waals surface area contributed by atoms with Crippen LogP contribution in [0.1, 0.15) is 23.8 Å². The molecule has 1 saturated heterocycles. The smallest absolute Gasteiger partial charge is 0.416 e. The van der Waals surface area contributed by atoms with Crippen molar-refractivity contribution in [2.45, 2.75) is 18.5 Å². The van der Waals surface area contributed by atoms with Crippen LogP contribution in [0.25, 0.3) is 11.4 Å². The molecular formula is C20H16F3N3O3. The van der Waals surface area contributed by atoms with Crippen LogP contribution in [-0.2, 0) is 11.0 Å². The number of benzene rings is 2. The highest BCUT2D eigenvalue weighted by atomic mass is 19.4. The van der Waals surface area contributed by atoms with E-state index in [-0.39, 0.29) is 24.8 Å². The molecule has 3 aromatic rings. The van der Waals surface area contributed by atoms with E-state index in [0.29, 0.717) is 28.7 Å². The van der Waals surface area contributed by atoms with Gasteiger partial charge in [-0.1, -0.05) is 17.3 Å². The number of amides is 1. The summed E-state index contributed by atoms with van der Waals surface area (Å²) in [6.45, 7) is 0.254. The van der Waals surface area contributed by atoms with E-state index in [1.165, 1.54) is 17.0 Å². The Labute approximate surface area is 163 Å². The number of hydrogen-bond donors (Lipinski definition) is 0. The van der Waals surface area contributed by atoms with Crippen molar-refractivity contribution in [2.75, 3.05) is 18.6 Å². The van der Waals surface area contributed by atoms with Gasteiger partial charge in [0.1, 0.15) is 5.75 Å². The molecule has 0 aliphatic carbocycles. The largest absolute Gasteiger partial charge is 0.497 e. The lowest BCUT2D eigenvalue weighted by Gasteiger charge is -2.17. The fraction of sp³-hybridized carbons (Fsp3) is 0.250. The van der Waals surface area contributed by atoms with E-state index in [1.807, 2.05) is 6.07 Å². The minimum atomic E-state index is -4.42. The van der Waals surface area contributed by atoms with E-state index in [9.17, 15) is 18.0 Å². The van der Waals surface area contributed by atoms with Gasteiger partial charge in [0.05, 0.1) is 18.6 Å². The molecule has 9 heteroatoms. The van der Waals surface area contributed by atoms with E-state index in [2.05, 4.69) is 10.1 Å². The first kappa shape index (κ1) is 19.0. The zero-order chi connectivity index (χ0) is 20.6. The van der Waals surface area contributed by atoms with Crippen LogP contribution in [0.4, 0.5) is 18.9 Å². The highest BCUT2D eigenvalue weighted by Crippen LogP contribution is 2.34. The average molecular weight is 403 g/mol. The molecule has 1 aliphatic heterocycles. The molecule has 0 bridgehead atoms. The average Bonchev–Trinajstić information content (AvgIpc) is 3.34. The lowest BCUT2D eigenvalue weighted by Crippen LogP contribution is -2.24. The molecule has 150 valence electrons. The Morgan fingerprint density at radius 1 is 1.17 bits per heavy atom. The summed E-state index contributed by atoms with van der Waals surface area (Å²) in [7, 11) is 1.56. The summed E-state index contributed by atoms with van der Waals surface area (Å²) in [6, 6.07) is 11.7. The van der Waals surface area contributed by atoms with Crippen molar-refractivity contribution in [1.82, 2.24) is 10.1 Å². The summed E-state index contributed by atoms with van der Waals surface area (Å²) in [6.07, 6.45) is -4.28. The Balaban J connectivity index is 1.52. The third-order valence-electron chi connectivity index (χ3n) is 4.75. The normalized spacial score (nSPS) is 17.0. The van der Waals surface area contributed by atoms with E-state index in [0.717, 1.165) is 12.1 Å². The Kier molecular flexibility index (Phi) is 4.73. The van der Waals surface area contributed by atoms with Gasteiger partial charge in [0, 0.05) is 24.2 Å². The molecule has 1 aromatic heterocycles. The lowest BCUT2D eigenvalue weighted by atomic mass is 10.1. The minimum Gasteiger partial charge on any atom is -0.497 e. The number of carbonyl (C=O) groups excluding carboxylic acids is 1. The van der Waals surface area contributed by atoms with E-state index in [4.69, 9.17) is 9.26 Å². The molecule has 0 radical (unpaired) electrons. The number of halogens is 3. The van der Waals surface area contributed by atoms with Crippen molar-refractivity contribution >= 4 is 11.6 Å². The Morgan fingerprint density at radius 3 is 2.62 bits per heavy atom. The Morgan fingerprint density at radius 2 is 1.93 bits per heavy atom. The van der Waals surface area contributed by atoms with Crippen LogP contribution in [0, 0.1) is 0 Å². The second-order valence-electron chi connectivity index (χ2n) is 6.64. The molecule has 1 amide bonds. The van der Waals surface area contributed by atoms with Crippen molar-refractivity contribution in [3.8, 4) is 17.1 Å². The molecule has 1 aliphatic rings. The summed E-state index contributed by atoms with van der Waals surface area (Å²) >= 11 is 0. The summed E-state index contributed by atoms with van der Waals surface area (Å²) in [5.74, 6) is 0.788. The van der Waals surface area contributed by atoms with Crippen molar-refractivity contribution < 1.29 is 27.2 Å². The van der Waals surface area contributed by atoms with Crippen LogP contribution in [0.5, 0.6) is 5.75 Å². The highest BCUT2D eigenvalue weighted by Gasteiger charge is 2.36. The summed E-state index contributed by atoms with van der Waals surface area (Å²) in [5, 5.41) is 3.97. The van der Waals surface area contributed by atoms with E-state index in [1.54, 1.807) is 25.3 Å².